The summed E-state index contributed by atoms with van der Waals surface area (Å²) in [4.78, 5) is 5.58. The zero-order chi connectivity index (χ0) is 15.2. The van der Waals surface area contributed by atoms with Crippen LogP contribution in [0.3, 0.4) is 0 Å². The number of aromatic nitrogens is 1. The fraction of sp³-hybridized carbons (Fsp3) is 0.583. The van der Waals surface area contributed by atoms with Gasteiger partial charge in [0.05, 0.1) is 18.8 Å². The van der Waals surface area contributed by atoms with Gasteiger partial charge in [0.2, 0.25) is 0 Å². The molecular weight excluding hydrogens is 275 g/mol. The van der Waals surface area contributed by atoms with E-state index in [1.54, 1.807) is 4.90 Å². The van der Waals surface area contributed by atoms with E-state index in [1.807, 2.05) is 0 Å². The van der Waals surface area contributed by atoms with Crippen LogP contribution in [-0.2, 0) is 15.7 Å². The average Bonchev–Trinajstić information content (AvgIpc) is 2.37. The summed E-state index contributed by atoms with van der Waals surface area (Å²) >= 11 is 0. The van der Waals surface area contributed by atoms with Crippen LogP contribution >= 0.6 is 0 Å². The maximum Gasteiger partial charge on any atom is 0.416 e. The average molecular weight is 293 g/mol. The van der Waals surface area contributed by atoms with Crippen molar-refractivity contribution >= 4 is 11.6 Å². The highest BCUT2D eigenvalue weighted by Crippen LogP contribution is 2.32. The molecule has 0 saturated carbocycles. The minimum absolute atomic E-state index is 0.159. The molecule has 0 aliphatic carbocycles. The van der Waals surface area contributed by atoms with Gasteiger partial charge in [-0.25, -0.2) is 4.98 Å². The molecule has 0 saturated heterocycles. The summed E-state index contributed by atoms with van der Waals surface area (Å²) in [5, 5.41) is 0. The smallest absolute Gasteiger partial charge is 0.384 e. The first-order valence-corrected chi connectivity index (χ1v) is 5.96. The van der Waals surface area contributed by atoms with Gasteiger partial charge in [-0.1, -0.05) is 0 Å². The Morgan fingerprint density at radius 3 is 2.15 bits per heavy atom. The van der Waals surface area contributed by atoms with Crippen LogP contribution in [0.1, 0.15) is 5.56 Å². The van der Waals surface area contributed by atoms with Gasteiger partial charge < -0.3 is 20.1 Å². The molecule has 5 nitrogen and oxygen atoms in total. The Bertz CT molecular complexity index is 419. The first-order chi connectivity index (χ1) is 9.38. The minimum Gasteiger partial charge on any atom is -0.384 e. The van der Waals surface area contributed by atoms with E-state index in [1.165, 1.54) is 14.2 Å². The quantitative estimate of drug-likeness (QED) is 0.830. The van der Waals surface area contributed by atoms with Crippen molar-refractivity contribution in [3.05, 3.63) is 17.7 Å². The van der Waals surface area contributed by atoms with Crippen molar-refractivity contribution in [3.63, 3.8) is 0 Å². The molecule has 0 aromatic carbocycles. The Morgan fingerprint density at radius 2 is 1.70 bits per heavy atom. The Balaban J connectivity index is 3.02. The molecule has 1 aromatic heterocycles. The maximum absolute atomic E-state index is 12.8. The van der Waals surface area contributed by atoms with Gasteiger partial charge in [0.15, 0.2) is 0 Å². The molecular formula is C12H18F3N3O2. The number of pyridine rings is 1. The molecule has 0 aliphatic heterocycles. The lowest BCUT2D eigenvalue weighted by molar-refractivity contribution is -0.137. The number of methoxy groups -OCH3 is 2. The molecule has 0 unspecified atom stereocenters. The second-order valence-electron chi connectivity index (χ2n) is 4.11. The molecule has 0 atom stereocenters. The van der Waals surface area contributed by atoms with E-state index in [2.05, 4.69) is 4.98 Å². The normalized spacial score (nSPS) is 11.7. The van der Waals surface area contributed by atoms with E-state index in [9.17, 15) is 13.2 Å². The Morgan fingerprint density at radius 1 is 1.15 bits per heavy atom. The van der Waals surface area contributed by atoms with E-state index >= 15 is 0 Å². The van der Waals surface area contributed by atoms with Crippen LogP contribution in [0.4, 0.5) is 24.8 Å². The van der Waals surface area contributed by atoms with Gasteiger partial charge in [-0.3, -0.25) is 0 Å². The second kappa shape index (κ2) is 7.30. The molecule has 0 aliphatic rings. The Kier molecular flexibility index (Phi) is 6.03. The van der Waals surface area contributed by atoms with Gasteiger partial charge in [0.1, 0.15) is 11.6 Å². The van der Waals surface area contributed by atoms with Gasteiger partial charge >= 0.3 is 6.18 Å². The van der Waals surface area contributed by atoms with Crippen LogP contribution in [0.15, 0.2) is 12.1 Å². The highest BCUT2D eigenvalue weighted by Gasteiger charge is 2.32. The summed E-state index contributed by atoms with van der Waals surface area (Å²) in [7, 11) is 3.03. The minimum atomic E-state index is -4.46. The third-order valence-corrected chi connectivity index (χ3v) is 2.61. The van der Waals surface area contributed by atoms with Crippen molar-refractivity contribution in [1.82, 2.24) is 4.98 Å². The molecule has 0 radical (unpaired) electrons. The highest BCUT2D eigenvalue weighted by atomic mass is 19.4. The van der Waals surface area contributed by atoms with Gasteiger partial charge in [0, 0.05) is 27.3 Å². The van der Waals surface area contributed by atoms with Crippen LogP contribution in [0.25, 0.3) is 0 Å². The largest absolute Gasteiger partial charge is 0.416 e. The van der Waals surface area contributed by atoms with Gasteiger partial charge in [0.25, 0.3) is 0 Å². The number of anilines is 2. The predicted molar refractivity (Wildman–Crippen MR) is 69.6 cm³/mol. The zero-order valence-electron chi connectivity index (χ0n) is 11.4. The fourth-order valence-electron chi connectivity index (χ4n) is 1.61. The molecule has 20 heavy (non-hydrogen) atoms. The van der Waals surface area contributed by atoms with E-state index < -0.39 is 11.7 Å². The lowest BCUT2D eigenvalue weighted by Gasteiger charge is -2.24. The highest BCUT2D eigenvalue weighted by molar-refractivity contribution is 5.49. The number of halogens is 3. The summed E-state index contributed by atoms with van der Waals surface area (Å²) in [6.45, 7) is 1.52. The van der Waals surface area contributed by atoms with Crippen LogP contribution in [-0.4, -0.2) is 45.5 Å². The number of nitrogens with zero attached hydrogens (tertiary/aromatic N) is 2. The summed E-state index contributed by atoms with van der Waals surface area (Å²) in [5.41, 5.74) is 4.63. The monoisotopic (exact) mass is 293 g/mol. The number of rotatable bonds is 7. The maximum atomic E-state index is 12.8. The molecule has 0 fully saturated rings. The molecule has 0 amide bonds. The standard InChI is InChI=1S/C12H18F3N3O2/c1-19-5-3-18(4-6-20-2)11-8-9(12(13,14)15)7-10(16)17-11/h7-8H,3-6H2,1-2H3,(H2,16,17). The van der Waals surface area contributed by atoms with E-state index in [4.69, 9.17) is 15.2 Å². The number of hydrogen-bond acceptors (Lipinski definition) is 5. The third-order valence-electron chi connectivity index (χ3n) is 2.61. The van der Waals surface area contributed by atoms with Gasteiger partial charge in [-0.15, -0.1) is 0 Å². The van der Waals surface area contributed by atoms with E-state index in [0.29, 0.717) is 26.3 Å². The number of alkyl halides is 3. The fourth-order valence-corrected chi connectivity index (χ4v) is 1.61. The van der Waals surface area contributed by atoms with Crippen LogP contribution < -0.4 is 10.6 Å². The Hall–Kier alpha value is -1.54. The SMILES string of the molecule is COCCN(CCOC)c1cc(C(F)(F)F)cc(N)n1. The van der Waals surface area contributed by atoms with Crippen molar-refractivity contribution in [2.75, 3.05) is 51.2 Å². The number of nitrogen functional groups attached to an aromatic ring is 1. The van der Waals surface area contributed by atoms with Crippen LogP contribution in [0.2, 0.25) is 0 Å². The second-order valence-corrected chi connectivity index (χ2v) is 4.11. The first kappa shape index (κ1) is 16.5. The Labute approximate surface area is 115 Å². The van der Waals surface area contributed by atoms with Crippen molar-refractivity contribution < 1.29 is 22.6 Å². The topological polar surface area (TPSA) is 60.6 Å². The first-order valence-electron chi connectivity index (χ1n) is 5.96. The molecule has 1 aromatic rings. The summed E-state index contributed by atoms with van der Waals surface area (Å²) in [5.74, 6) is -0.0129. The molecule has 1 rings (SSSR count). The van der Waals surface area contributed by atoms with Crippen molar-refractivity contribution in [2.45, 2.75) is 6.18 Å². The van der Waals surface area contributed by atoms with Gasteiger partial charge in [-0.2, -0.15) is 13.2 Å². The lowest BCUT2D eigenvalue weighted by Crippen LogP contribution is -2.31. The molecule has 8 heteroatoms. The van der Waals surface area contributed by atoms with Gasteiger partial charge in [-0.05, 0) is 12.1 Å². The summed E-state index contributed by atoms with van der Waals surface area (Å²) < 4.78 is 48.2. The lowest BCUT2D eigenvalue weighted by atomic mass is 10.2. The molecule has 1 heterocycles. The van der Waals surface area contributed by atoms with E-state index in [-0.39, 0.29) is 11.6 Å². The molecule has 0 bridgehead atoms. The number of hydrogen-bond donors (Lipinski definition) is 1. The van der Waals surface area contributed by atoms with Crippen LogP contribution in [0.5, 0.6) is 0 Å². The third kappa shape index (κ3) is 4.86. The predicted octanol–water partition coefficient (Wildman–Crippen LogP) is 1.78. The summed E-state index contributed by atoms with van der Waals surface area (Å²) in [6, 6.07) is 1.79. The molecule has 114 valence electrons. The summed E-state index contributed by atoms with van der Waals surface area (Å²) in [6.07, 6.45) is -4.46. The van der Waals surface area contributed by atoms with E-state index in [0.717, 1.165) is 12.1 Å². The van der Waals surface area contributed by atoms with Crippen molar-refractivity contribution in [1.29, 1.82) is 0 Å². The zero-order valence-corrected chi connectivity index (χ0v) is 11.4. The number of nitrogens with two attached hydrogens (primary N) is 1. The van der Waals surface area contributed by atoms with Crippen molar-refractivity contribution in [3.8, 4) is 0 Å². The van der Waals surface area contributed by atoms with Crippen molar-refractivity contribution in [2.24, 2.45) is 0 Å². The number of ether oxygens (including phenoxy) is 2. The van der Waals surface area contributed by atoms with Crippen LogP contribution in [0, 0.1) is 0 Å². The molecule has 2 N–H and O–H groups in total. The molecule has 0 spiro atoms.